The Morgan fingerprint density at radius 2 is 1.91 bits per heavy atom. The molecule has 0 aromatic carbocycles. The normalized spacial score (nSPS) is 13.4. The summed E-state index contributed by atoms with van der Waals surface area (Å²) in [7, 11) is 0. The number of carboxylic acid groups (broad SMARTS) is 1. The standard InChI is InChI=1S/C15H16N4O3S/c20-14(10-7-18-11(8-17-10)15(21)22)16-6-5-13-19-9-3-1-2-4-12(9)23-13/h7-8H,1-6H2,(H,16,20)(H,21,22). The van der Waals surface area contributed by atoms with Crippen molar-refractivity contribution in [3.05, 3.63) is 39.4 Å². The van der Waals surface area contributed by atoms with Crippen LogP contribution in [-0.4, -0.2) is 38.5 Å². The maximum atomic E-state index is 11.9. The second-order valence-corrected chi connectivity index (χ2v) is 6.45. The zero-order valence-electron chi connectivity index (χ0n) is 12.4. The largest absolute Gasteiger partial charge is 0.476 e. The molecule has 2 N–H and O–H groups in total. The van der Waals surface area contributed by atoms with Gasteiger partial charge in [-0.1, -0.05) is 0 Å². The smallest absolute Gasteiger partial charge is 0.356 e. The third-order valence-corrected chi connectivity index (χ3v) is 4.84. The highest BCUT2D eigenvalue weighted by molar-refractivity contribution is 7.11. The minimum absolute atomic E-state index is 0.105. The van der Waals surface area contributed by atoms with E-state index in [4.69, 9.17) is 5.11 Å². The van der Waals surface area contributed by atoms with Crippen LogP contribution in [0.25, 0.3) is 0 Å². The molecule has 0 spiro atoms. The lowest BCUT2D eigenvalue weighted by molar-refractivity contribution is 0.0689. The van der Waals surface area contributed by atoms with Gasteiger partial charge in [-0.3, -0.25) is 4.79 Å². The van der Waals surface area contributed by atoms with E-state index in [1.165, 1.54) is 29.6 Å². The lowest BCUT2D eigenvalue weighted by Gasteiger charge is -2.06. The van der Waals surface area contributed by atoms with Gasteiger partial charge in [0.05, 0.1) is 23.1 Å². The van der Waals surface area contributed by atoms with E-state index < -0.39 is 5.97 Å². The third-order valence-electron chi connectivity index (χ3n) is 3.62. The second-order valence-electron chi connectivity index (χ2n) is 5.28. The van der Waals surface area contributed by atoms with Gasteiger partial charge in [-0.15, -0.1) is 11.3 Å². The van der Waals surface area contributed by atoms with Gasteiger partial charge in [-0.2, -0.15) is 0 Å². The number of thiazole rings is 1. The van der Waals surface area contributed by atoms with Crippen molar-refractivity contribution >= 4 is 23.2 Å². The Kier molecular flexibility index (Phi) is 4.61. The Balaban J connectivity index is 1.52. The number of hydrogen-bond donors (Lipinski definition) is 2. The summed E-state index contributed by atoms with van der Waals surface area (Å²) in [4.78, 5) is 36.1. The highest BCUT2D eigenvalue weighted by Crippen LogP contribution is 2.26. The van der Waals surface area contributed by atoms with E-state index in [-0.39, 0.29) is 17.3 Å². The van der Waals surface area contributed by atoms with Gasteiger partial charge in [0.2, 0.25) is 0 Å². The average Bonchev–Trinajstić information content (AvgIpc) is 2.97. The van der Waals surface area contributed by atoms with Crippen molar-refractivity contribution in [3.8, 4) is 0 Å². The van der Waals surface area contributed by atoms with E-state index in [1.807, 2.05) is 0 Å². The minimum atomic E-state index is -1.17. The van der Waals surface area contributed by atoms with Crippen LogP contribution in [0.5, 0.6) is 0 Å². The molecule has 0 fully saturated rings. The maximum Gasteiger partial charge on any atom is 0.356 e. The summed E-state index contributed by atoms with van der Waals surface area (Å²) in [5.74, 6) is -1.53. The quantitative estimate of drug-likeness (QED) is 0.859. The molecular formula is C15H16N4O3S. The van der Waals surface area contributed by atoms with Crippen molar-refractivity contribution in [3.63, 3.8) is 0 Å². The van der Waals surface area contributed by atoms with Crippen LogP contribution < -0.4 is 5.32 Å². The molecule has 0 bridgehead atoms. The molecular weight excluding hydrogens is 316 g/mol. The molecule has 7 nitrogen and oxygen atoms in total. The first kappa shape index (κ1) is 15.5. The molecule has 2 aromatic rings. The van der Waals surface area contributed by atoms with Crippen LogP contribution in [0.15, 0.2) is 12.4 Å². The van der Waals surface area contributed by atoms with E-state index in [0.717, 1.165) is 24.0 Å². The van der Waals surface area contributed by atoms with Gasteiger partial charge in [0.1, 0.15) is 5.69 Å². The molecule has 0 atom stereocenters. The first-order chi connectivity index (χ1) is 11.1. The molecule has 8 heteroatoms. The number of carbonyl (C=O) groups is 2. The van der Waals surface area contributed by atoms with Crippen molar-refractivity contribution in [2.24, 2.45) is 0 Å². The average molecular weight is 332 g/mol. The van der Waals surface area contributed by atoms with Crippen molar-refractivity contribution in [2.75, 3.05) is 6.54 Å². The number of nitrogens with one attached hydrogen (secondary N) is 1. The molecule has 1 amide bonds. The predicted molar refractivity (Wildman–Crippen MR) is 83.8 cm³/mol. The van der Waals surface area contributed by atoms with E-state index >= 15 is 0 Å². The number of carboxylic acids is 1. The van der Waals surface area contributed by atoms with E-state index in [0.29, 0.717) is 13.0 Å². The monoisotopic (exact) mass is 332 g/mol. The first-order valence-corrected chi connectivity index (χ1v) is 8.26. The Morgan fingerprint density at radius 1 is 1.17 bits per heavy atom. The van der Waals surface area contributed by atoms with Crippen LogP contribution in [-0.2, 0) is 19.3 Å². The number of nitrogens with zero attached hydrogens (tertiary/aromatic N) is 3. The summed E-state index contributed by atoms with van der Waals surface area (Å²) in [5.41, 5.74) is 1.14. The third kappa shape index (κ3) is 3.70. The highest BCUT2D eigenvalue weighted by Gasteiger charge is 2.15. The fourth-order valence-corrected chi connectivity index (χ4v) is 3.60. The molecule has 0 saturated carbocycles. The molecule has 1 aliphatic rings. The lowest BCUT2D eigenvalue weighted by atomic mass is 10.0. The van der Waals surface area contributed by atoms with Crippen molar-refractivity contribution in [1.29, 1.82) is 0 Å². The molecule has 2 aromatic heterocycles. The van der Waals surface area contributed by atoms with Crippen molar-refractivity contribution < 1.29 is 14.7 Å². The SMILES string of the molecule is O=C(O)c1cnc(C(=O)NCCc2nc3c(s2)CCCC3)cn1. The first-order valence-electron chi connectivity index (χ1n) is 7.44. The maximum absolute atomic E-state index is 11.9. The number of carbonyl (C=O) groups excluding carboxylic acids is 1. The Labute approximate surface area is 136 Å². The fraction of sp³-hybridized carbons (Fsp3) is 0.400. The summed E-state index contributed by atoms with van der Waals surface area (Å²) in [6.45, 7) is 0.466. The van der Waals surface area contributed by atoms with E-state index in [9.17, 15) is 9.59 Å². The molecule has 0 radical (unpaired) electrons. The molecule has 2 heterocycles. The summed E-state index contributed by atoms with van der Waals surface area (Å²) < 4.78 is 0. The summed E-state index contributed by atoms with van der Waals surface area (Å²) in [6, 6.07) is 0. The van der Waals surface area contributed by atoms with Crippen LogP contribution in [0.4, 0.5) is 0 Å². The van der Waals surface area contributed by atoms with Crippen molar-refractivity contribution in [2.45, 2.75) is 32.1 Å². The number of aromatic carboxylic acids is 1. The summed E-state index contributed by atoms with van der Waals surface area (Å²) in [5, 5.41) is 12.5. The minimum Gasteiger partial charge on any atom is -0.476 e. The molecule has 0 aliphatic heterocycles. The van der Waals surface area contributed by atoms with Gasteiger partial charge in [-0.05, 0) is 25.7 Å². The van der Waals surface area contributed by atoms with Crippen molar-refractivity contribution in [1.82, 2.24) is 20.3 Å². The van der Waals surface area contributed by atoms with Gasteiger partial charge < -0.3 is 10.4 Å². The number of rotatable bonds is 5. The molecule has 120 valence electrons. The fourth-order valence-electron chi connectivity index (χ4n) is 2.44. The van der Waals surface area contributed by atoms with Crippen LogP contribution in [0, 0.1) is 0 Å². The van der Waals surface area contributed by atoms with Gasteiger partial charge in [-0.25, -0.2) is 19.7 Å². The van der Waals surface area contributed by atoms with E-state index in [2.05, 4.69) is 20.3 Å². The summed E-state index contributed by atoms with van der Waals surface area (Å²) in [6.07, 6.45) is 7.54. The van der Waals surface area contributed by atoms with Crippen LogP contribution >= 0.6 is 11.3 Å². The molecule has 1 aliphatic carbocycles. The summed E-state index contributed by atoms with van der Waals surface area (Å²) >= 11 is 1.73. The Morgan fingerprint density at radius 3 is 2.61 bits per heavy atom. The zero-order chi connectivity index (χ0) is 16.2. The van der Waals surface area contributed by atoms with Crippen LogP contribution in [0.2, 0.25) is 0 Å². The van der Waals surface area contributed by atoms with Gasteiger partial charge in [0.15, 0.2) is 5.69 Å². The number of hydrogen-bond acceptors (Lipinski definition) is 6. The lowest BCUT2D eigenvalue weighted by Crippen LogP contribution is -2.26. The van der Waals surface area contributed by atoms with Gasteiger partial charge >= 0.3 is 5.97 Å². The van der Waals surface area contributed by atoms with Gasteiger partial charge in [0.25, 0.3) is 5.91 Å². The Hall–Kier alpha value is -2.35. The zero-order valence-corrected chi connectivity index (χ0v) is 13.2. The van der Waals surface area contributed by atoms with Gasteiger partial charge in [0, 0.05) is 17.8 Å². The second kappa shape index (κ2) is 6.82. The molecule has 23 heavy (non-hydrogen) atoms. The molecule has 3 rings (SSSR count). The van der Waals surface area contributed by atoms with Crippen LogP contribution in [0.1, 0.15) is 49.4 Å². The highest BCUT2D eigenvalue weighted by atomic mass is 32.1. The number of fused-ring (bicyclic) bond motifs is 1. The molecule has 0 unspecified atom stereocenters. The Bertz CT molecular complexity index is 703. The number of amides is 1. The van der Waals surface area contributed by atoms with Crippen LogP contribution in [0.3, 0.4) is 0 Å². The molecule has 0 saturated heterocycles. The predicted octanol–water partition coefficient (Wildman–Crippen LogP) is 1.48. The topological polar surface area (TPSA) is 105 Å². The van der Waals surface area contributed by atoms with E-state index in [1.54, 1.807) is 11.3 Å². The number of aromatic nitrogens is 3. The number of aryl methyl sites for hydroxylation is 2.